The van der Waals surface area contributed by atoms with Crippen LogP contribution in [0.1, 0.15) is 37.8 Å². The number of ketones is 1. The van der Waals surface area contributed by atoms with Crippen molar-refractivity contribution < 1.29 is 4.79 Å². The van der Waals surface area contributed by atoms with Crippen molar-refractivity contribution in [2.45, 2.75) is 49.5 Å². The Morgan fingerprint density at radius 3 is 2.94 bits per heavy atom. The van der Waals surface area contributed by atoms with Gasteiger partial charge in [0.1, 0.15) is 0 Å². The lowest BCUT2D eigenvalue weighted by molar-refractivity contribution is 0.0980. The van der Waals surface area contributed by atoms with Crippen molar-refractivity contribution in [2.75, 3.05) is 5.75 Å². The summed E-state index contributed by atoms with van der Waals surface area (Å²) in [6, 6.07) is 0. The van der Waals surface area contributed by atoms with Crippen LogP contribution in [0.15, 0.2) is 12.4 Å². The maximum absolute atomic E-state index is 12.5. The molecule has 2 rings (SSSR count). The summed E-state index contributed by atoms with van der Waals surface area (Å²) >= 11 is 3.70. The standard InChI is InChI=1S/C13H20N2OS2/c1-4-6-15-7-5-14-13(15)12(16)11-8-17-9(2)10(3)18-11/h5,7,9-11H,4,6,8H2,1-3H3. The maximum Gasteiger partial charge on any atom is 0.211 e. The van der Waals surface area contributed by atoms with Crippen molar-refractivity contribution in [3.63, 3.8) is 0 Å². The van der Waals surface area contributed by atoms with Gasteiger partial charge in [-0.3, -0.25) is 4.79 Å². The fraction of sp³-hybridized carbons (Fsp3) is 0.692. The number of carbonyl (C=O) groups is 1. The minimum Gasteiger partial charge on any atom is -0.329 e. The highest BCUT2D eigenvalue weighted by molar-refractivity contribution is 8.08. The van der Waals surface area contributed by atoms with Gasteiger partial charge in [0.05, 0.1) is 5.25 Å². The average molecular weight is 284 g/mol. The van der Waals surface area contributed by atoms with E-state index in [1.165, 1.54) is 0 Å². The van der Waals surface area contributed by atoms with E-state index in [0.29, 0.717) is 16.3 Å². The molecule has 0 saturated carbocycles. The summed E-state index contributed by atoms with van der Waals surface area (Å²) in [5.74, 6) is 1.75. The maximum atomic E-state index is 12.5. The monoisotopic (exact) mass is 284 g/mol. The van der Waals surface area contributed by atoms with Crippen LogP contribution >= 0.6 is 23.5 Å². The molecule has 1 aromatic heterocycles. The summed E-state index contributed by atoms with van der Waals surface area (Å²) in [7, 11) is 0. The molecule has 1 aliphatic heterocycles. The molecule has 1 saturated heterocycles. The smallest absolute Gasteiger partial charge is 0.211 e. The fourth-order valence-corrected chi connectivity index (χ4v) is 4.87. The van der Waals surface area contributed by atoms with E-state index in [4.69, 9.17) is 0 Å². The number of carbonyl (C=O) groups excluding carboxylic acids is 1. The number of hydrogen-bond donors (Lipinski definition) is 0. The van der Waals surface area contributed by atoms with Crippen LogP contribution in [0.4, 0.5) is 0 Å². The molecule has 100 valence electrons. The van der Waals surface area contributed by atoms with E-state index < -0.39 is 0 Å². The molecule has 1 aromatic rings. The molecule has 1 aliphatic rings. The zero-order chi connectivity index (χ0) is 13.1. The number of imidazole rings is 1. The van der Waals surface area contributed by atoms with Crippen molar-refractivity contribution in [3.8, 4) is 0 Å². The van der Waals surface area contributed by atoms with Gasteiger partial charge in [-0.05, 0) is 6.42 Å². The van der Waals surface area contributed by atoms with Gasteiger partial charge in [-0.15, -0.1) is 11.8 Å². The topological polar surface area (TPSA) is 34.9 Å². The average Bonchev–Trinajstić information content (AvgIpc) is 2.80. The fourth-order valence-electron chi connectivity index (χ4n) is 2.02. The quantitative estimate of drug-likeness (QED) is 0.796. The zero-order valence-corrected chi connectivity index (χ0v) is 12.8. The van der Waals surface area contributed by atoms with E-state index in [1.807, 2.05) is 22.5 Å². The molecule has 0 bridgehead atoms. The van der Waals surface area contributed by atoms with E-state index in [-0.39, 0.29) is 11.0 Å². The Balaban J connectivity index is 2.09. The van der Waals surface area contributed by atoms with Crippen LogP contribution < -0.4 is 0 Å². The Morgan fingerprint density at radius 2 is 2.28 bits per heavy atom. The summed E-state index contributed by atoms with van der Waals surface area (Å²) in [5, 5.41) is 1.24. The zero-order valence-electron chi connectivity index (χ0n) is 11.1. The highest BCUT2D eigenvalue weighted by atomic mass is 32.2. The van der Waals surface area contributed by atoms with Gasteiger partial charge in [-0.1, -0.05) is 20.8 Å². The molecule has 0 N–H and O–H groups in total. The molecule has 3 unspecified atom stereocenters. The minimum absolute atomic E-state index is 0.0687. The number of aryl methyl sites for hydroxylation is 1. The number of hydrogen-bond acceptors (Lipinski definition) is 4. The lowest BCUT2D eigenvalue weighted by atomic mass is 10.3. The van der Waals surface area contributed by atoms with Gasteiger partial charge in [0, 0.05) is 35.2 Å². The molecule has 0 aliphatic carbocycles. The molecule has 3 atom stereocenters. The van der Waals surface area contributed by atoms with Crippen molar-refractivity contribution in [1.82, 2.24) is 9.55 Å². The summed E-state index contributed by atoms with van der Waals surface area (Å²) in [5.41, 5.74) is 0. The molecule has 5 heteroatoms. The lowest BCUT2D eigenvalue weighted by Crippen LogP contribution is -2.33. The Kier molecular flexibility index (Phi) is 4.78. The Bertz CT molecular complexity index is 419. The van der Waals surface area contributed by atoms with Crippen molar-refractivity contribution >= 4 is 29.3 Å². The van der Waals surface area contributed by atoms with Crippen LogP contribution in [0, 0.1) is 0 Å². The molecule has 2 heterocycles. The molecule has 0 spiro atoms. The first-order valence-electron chi connectivity index (χ1n) is 6.46. The largest absolute Gasteiger partial charge is 0.329 e. The van der Waals surface area contributed by atoms with E-state index >= 15 is 0 Å². The second kappa shape index (κ2) is 6.15. The molecule has 1 fully saturated rings. The minimum atomic E-state index is 0.0687. The number of nitrogens with zero attached hydrogens (tertiary/aromatic N) is 2. The van der Waals surface area contributed by atoms with Gasteiger partial charge in [0.25, 0.3) is 0 Å². The first-order valence-corrected chi connectivity index (χ1v) is 8.45. The normalized spacial score (nSPS) is 28.3. The SMILES string of the molecule is CCCn1ccnc1C(=O)C1CSC(C)C(C)S1. The van der Waals surface area contributed by atoms with Crippen LogP contribution in [0.2, 0.25) is 0 Å². The third-order valence-electron chi connectivity index (χ3n) is 3.24. The Morgan fingerprint density at radius 1 is 1.50 bits per heavy atom. The van der Waals surface area contributed by atoms with Gasteiger partial charge >= 0.3 is 0 Å². The van der Waals surface area contributed by atoms with Gasteiger partial charge in [0.15, 0.2) is 5.82 Å². The Labute approximate surface area is 117 Å². The highest BCUT2D eigenvalue weighted by Gasteiger charge is 2.32. The second-order valence-electron chi connectivity index (χ2n) is 4.68. The molecule has 0 radical (unpaired) electrons. The van der Waals surface area contributed by atoms with Crippen LogP contribution in [-0.4, -0.2) is 36.8 Å². The first-order chi connectivity index (χ1) is 8.63. The molecule has 3 nitrogen and oxygen atoms in total. The molecule has 18 heavy (non-hydrogen) atoms. The molecular formula is C13H20N2OS2. The first kappa shape index (κ1) is 14.0. The van der Waals surface area contributed by atoms with E-state index in [0.717, 1.165) is 18.7 Å². The van der Waals surface area contributed by atoms with Crippen molar-refractivity contribution in [3.05, 3.63) is 18.2 Å². The van der Waals surface area contributed by atoms with Crippen LogP contribution in [-0.2, 0) is 6.54 Å². The molecule has 0 aromatic carbocycles. The van der Waals surface area contributed by atoms with Crippen LogP contribution in [0.25, 0.3) is 0 Å². The van der Waals surface area contributed by atoms with Gasteiger partial charge < -0.3 is 4.57 Å². The third-order valence-corrected chi connectivity index (χ3v) is 6.63. The van der Waals surface area contributed by atoms with Crippen LogP contribution in [0.5, 0.6) is 0 Å². The predicted octanol–water partition coefficient (Wildman–Crippen LogP) is 3.10. The summed E-state index contributed by atoms with van der Waals surface area (Å²) in [6.07, 6.45) is 4.66. The second-order valence-corrected chi connectivity index (χ2v) is 7.67. The van der Waals surface area contributed by atoms with E-state index in [2.05, 4.69) is 25.8 Å². The number of thioether (sulfide) groups is 2. The Hall–Kier alpha value is -0.420. The van der Waals surface area contributed by atoms with Gasteiger partial charge in [-0.2, -0.15) is 11.8 Å². The molecule has 0 amide bonds. The number of aromatic nitrogens is 2. The van der Waals surface area contributed by atoms with Crippen molar-refractivity contribution in [1.29, 1.82) is 0 Å². The predicted molar refractivity (Wildman–Crippen MR) is 79.6 cm³/mol. The number of Topliss-reactive ketones (excluding diaryl/α,β-unsaturated/α-hetero) is 1. The third kappa shape index (κ3) is 2.94. The van der Waals surface area contributed by atoms with Crippen LogP contribution in [0.3, 0.4) is 0 Å². The van der Waals surface area contributed by atoms with E-state index in [1.54, 1.807) is 18.0 Å². The number of rotatable bonds is 4. The summed E-state index contributed by atoms with van der Waals surface area (Å²) < 4.78 is 1.98. The van der Waals surface area contributed by atoms with Gasteiger partial charge in [-0.25, -0.2) is 4.98 Å². The molecular weight excluding hydrogens is 264 g/mol. The lowest BCUT2D eigenvalue weighted by Gasteiger charge is -2.30. The van der Waals surface area contributed by atoms with Crippen molar-refractivity contribution in [2.24, 2.45) is 0 Å². The van der Waals surface area contributed by atoms with E-state index in [9.17, 15) is 4.79 Å². The summed E-state index contributed by atoms with van der Waals surface area (Å²) in [6.45, 7) is 7.43. The highest BCUT2D eigenvalue weighted by Crippen LogP contribution is 2.36. The summed E-state index contributed by atoms with van der Waals surface area (Å²) in [4.78, 5) is 16.7. The van der Waals surface area contributed by atoms with Gasteiger partial charge in [0.2, 0.25) is 5.78 Å².